The quantitative estimate of drug-likeness (QED) is 0.780. The van der Waals surface area contributed by atoms with Crippen molar-refractivity contribution in [2.24, 2.45) is 29.6 Å². The van der Waals surface area contributed by atoms with Crippen molar-refractivity contribution in [3.8, 4) is 0 Å². The Balaban J connectivity index is 1.35. The van der Waals surface area contributed by atoms with E-state index >= 15 is 0 Å². The van der Waals surface area contributed by atoms with Crippen molar-refractivity contribution >= 4 is 11.5 Å². The molecule has 4 N–H and O–H groups in total. The summed E-state index contributed by atoms with van der Waals surface area (Å²) in [7, 11) is 0. The van der Waals surface area contributed by atoms with Crippen LogP contribution in [0.2, 0.25) is 0 Å². The molecule has 0 aromatic carbocycles. The van der Waals surface area contributed by atoms with Gasteiger partial charge in [0.25, 0.3) is 0 Å². The summed E-state index contributed by atoms with van der Waals surface area (Å²) in [6, 6.07) is 0. The molecule has 5 rings (SSSR count). The monoisotopic (exact) mass is 260 g/mol. The topological polar surface area (TPSA) is 66.7 Å². The Labute approximate surface area is 114 Å². The van der Waals surface area contributed by atoms with Crippen LogP contribution in [0.15, 0.2) is 6.20 Å². The summed E-state index contributed by atoms with van der Waals surface area (Å²) in [6.07, 6.45) is 10.7. The number of nitrogens with one attached hydrogen (secondary N) is 2. The standard InChI is InChI=1S/C15H24N4/c16-15-14(8-18-19-15)17-2-1-13-11-4-9-3-10(6-11)7-12(13)5-9/h8-13,17H,1-7H2,(H3,16,18,19). The number of hydrogen-bond donors (Lipinski definition) is 3. The highest BCUT2D eigenvalue weighted by Gasteiger charge is 2.47. The average molecular weight is 260 g/mol. The van der Waals surface area contributed by atoms with Gasteiger partial charge in [-0.25, -0.2) is 0 Å². The predicted octanol–water partition coefficient (Wildman–Crippen LogP) is 2.87. The lowest BCUT2D eigenvalue weighted by Crippen LogP contribution is -2.45. The van der Waals surface area contributed by atoms with Gasteiger partial charge in [0, 0.05) is 6.54 Å². The van der Waals surface area contributed by atoms with Crippen LogP contribution in [0.3, 0.4) is 0 Å². The van der Waals surface area contributed by atoms with Crippen LogP contribution < -0.4 is 11.1 Å². The molecule has 0 amide bonds. The van der Waals surface area contributed by atoms with Crippen molar-refractivity contribution < 1.29 is 0 Å². The zero-order valence-electron chi connectivity index (χ0n) is 11.4. The third-order valence-electron chi connectivity index (χ3n) is 5.88. The maximum atomic E-state index is 5.80. The normalized spacial score (nSPS) is 39.7. The fourth-order valence-corrected chi connectivity index (χ4v) is 5.32. The fourth-order valence-electron chi connectivity index (χ4n) is 5.32. The molecule has 1 aromatic heterocycles. The van der Waals surface area contributed by atoms with E-state index in [0.29, 0.717) is 5.82 Å². The van der Waals surface area contributed by atoms with E-state index in [9.17, 15) is 0 Å². The zero-order chi connectivity index (χ0) is 12.8. The Morgan fingerprint density at radius 3 is 2.42 bits per heavy atom. The van der Waals surface area contributed by atoms with Gasteiger partial charge < -0.3 is 11.1 Å². The molecule has 104 valence electrons. The summed E-state index contributed by atoms with van der Waals surface area (Å²) in [4.78, 5) is 0. The van der Waals surface area contributed by atoms with Crippen LogP contribution in [0.5, 0.6) is 0 Å². The molecule has 1 aromatic rings. The molecule has 4 heteroatoms. The van der Waals surface area contributed by atoms with Crippen LogP contribution in [0.1, 0.15) is 38.5 Å². The molecule has 4 nitrogen and oxygen atoms in total. The SMILES string of the molecule is Nc1[nH]ncc1NCCC1C2CC3CC(C2)CC1C3. The minimum Gasteiger partial charge on any atom is -0.382 e. The molecule has 0 aliphatic heterocycles. The van der Waals surface area contributed by atoms with Crippen molar-refractivity contribution in [1.82, 2.24) is 10.2 Å². The van der Waals surface area contributed by atoms with Gasteiger partial charge in [0.2, 0.25) is 0 Å². The average Bonchev–Trinajstić information content (AvgIpc) is 2.78. The van der Waals surface area contributed by atoms with Crippen LogP contribution >= 0.6 is 0 Å². The Hall–Kier alpha value is -1.19. The van der Waals surface area contributed by atoms with E-state index in [1.54, 1.807) is 12.6 Å². The van der Waals surface area contributed by atoms with Gasteiger partial charge in [-0.2, -0.15) is 5.10 Å². The number of nitrogens with zero attached hydrogens (tertiary/aromatic N) is 1. The molecule has 4 aliphatic carbocycles. The molecule has 4 bridgehead atoms. The van der Waals surface area contributed by atoms with E-state index in [4.69, 9.17) is 5.73 Å². The van der Waals surface area contributed by atoms with Crippen LogP contribution in [0.4, 0.5) is 11.5 Å². The van der Waals surface area contributed by atoms with E-state index in [1.807, 2.05) is 0 Å². The van der Waals surface area contributed by atoms with Crippen LogP contribution in [-0.4, -0.2) is 16.7 Å². The summed E-state index contributed by atoms with van der Waals surface area (Å²) in [5.74, 6) is 5.84. The molecule has 4 saturated carbocycles. The summed E-state index contributed by atoms with van der Waals surface area (Å²) < 4.78 is 0. The summed E-state index contributed by atoms with van der Waals surface area (Å²) in [5.41, 5.74) is 6.76. The molecule has 0 radical (unpaired) electrons. The van der Waals surface area contributed by atoms with Crippen LogP contribution in [0.25, 0.3) is 0 Å². The van der Waals surface area contributed by atoms with Gasteiger partial charge in [0.15, 0.2) is 0 Å². The molecule has 0 spiro atoms. The molecule has 0 atom stereocenters. The highest BCUT2D eigenvalue weighted by molar-refractivity contribution is 5.59. The van der Waals surface area contributed by atoms with Gasteiger partial charge in [-0.15, -0.1) is 0 Å². The summed E-state index contributed by atoms with van der Waals surface area (Å²) >= 11 is 0. The molecule has 0 saturated heterocycles. The molecular weight excluding hydrogens is 236 g/mol. The third kappa shape index (κ3) is 2.01. The second-order valence-corrected chi connectivity index (χ2v) is 7.01. The smallest absolute Gasteiger partial charge is 0.142 e. The molecule has 4 fully saturated rings. The first-order valence-electron chi connectivity index (χ1n) is 7.82. The molecule has 4 aliphatic rings. The largest absolute Gasteiger partial charge is 0.382 e. The van der Waals surface area contributed by atoms with E-state index in [0.717, 1.165) is 41.8 Å². The number of nitrogen functional groups attached to an aromatic ring is 1. The van der Waals surface area contributed by atoms with Crippen molar-refractivity contribution in [1.29, 1.82) is 0 Å². The van der Waals surface area contributed by atoms with Crippen molar-refractivity contribution in [2.75, 3.05) is 17.6 Å². The molecule has 19 heavy (non-hydrogen) atoms. The Morgan fingerprint density at radius 1 is 1.16 bits per heavy atom. The second kappa shape index (κ2) is 4.43. The number of anilines is 2. The zero-order valence-corrected chi connectivity index (χ0v) is 11.4. The van der Waals surface area contributed by atoms with Crippen LogP contribution in [0, 0.1) is 29.6 Å². The number of H-pyrrole nitrogens is 1. The van der Waals surface area contributed by atoms with Crippen LogP contribution in [-0.2, 0) is 0 Å². The first-order chi connectivity index (χ1) is 9.29. The minimum absolute atomic E-state index is 0.657. The lowest BCUT2D eigenvalue weighted by atomic mass is 9.51. The van der Waals surface area contributed by atoms with Gasteiger partial charge in [0.05, 0.1) is 11.9 Å². The fraction of sp³-hybridized carbons (Fsp3) is 0.800. The molecular formula is C15H24N4. The Bertz CT molecular complexity index is 425. The lowest BCUT2D eigenvalue weighted by molar-refractivity contribution is -0.0381. The van der Waals surface area contributed by atoms with E-state index in [1.165, 1.54) is 32.1 Å². The highest BCUT2D eigenvalue weighted by Crippen LogP contribution is 2.57. The predicted molar refractivity (Wildman–Crippen MR) is 76.6 cm³/mol. The van der Waals surface area contributed by atoms with Gasteiger partial charge in [-0.05, 0) is 68.1 Å². The Morgan fingerprint density at radius 2 is 1.84 bits per heavy atom. The second-order valence-electron chi connectivity index (χ2n) is 7.01. The van der Waals surface area contributed by atoms with Crippen molar-refractivity contribution in [2.45, 2.75) is 38.5 Å². The number of aromatic nitrogens is 2. The maximum absolute atomic E-state index is 5.80. The number of nitrogens with two attached hydrogens (primary N) is 1. The summed E-state index contributed by atoms with van der Waals surface area (Å²) in [6.45, 7) is 1.04. The number of rotatable bonds is 4. The maximum Gasteiger partial charge on any atom is 0.142 e. The Kier molecular flexibility index (Phi) is 2.71. The van der Waals surface area contributed by atoms with Crippen molar-refractivity contribution in [3.63, 3.8) is 0 Å². The van der Waals surface area contributed by atoms with Gasteiger partial charge in [0.1, 0.15) is 5.82 Å². The van der Waals surface area contributed by atoms with E-state index in [-0.39, 0.29) is 0 Å². The summed E-state index contributed by atoms with van der Waals surface area (Å²) in [5, 5.41) is 10.2. The minimum atomic E-state index is 0.657. The highest BCUT2D eigenvalue weighted by atomic mass is 15.2. The molecule has 1 heterocycles. The molecule has 0 unspecified atom stereocenters. The first-order valence-corrected chi connectivity index (χ1v) is 7.82. The van der Waals surface area contributed by atoms with E-state index in [2.05, 4.69) is 15.5 Å². The lowest BCUT2D eigenvalue weighted by Gasteiger charge is -2.54. The third-order valence-corrected chi connectivity index (χ3v) is 5.88. The van der Waals surface area contributed by atoms with Gasteiger partial charge >= 0.3 is 0 Å². The number of aromatic amines is 1. The van der Waals surface area contributed by atoms with Crippen molar-refractivity contribution in [3.05, 3.63) is 6.20 Å². The number of hydrogen-bond acceptors (Lipinski definition) is 3. The van der Waals surface area contributed by atoms with Gasteiger partial charge in [-0.3, -0.25) is 5.10 Å². The van der Waals surface area contributed by atoms with E-state index < -0.39 is 0 Å². The first kappa shape index (κ1) is 11.6. The van der Waals surface area contributed by atoms with Gasteiger partial charge in [-0.1, -0.05) is 0 Å².